The van der Waals surface area contributed by atoms with Crippen LogP contribution in [0.1, 0.15) is 24.8 Å². The van der Waals surface area contributed by atoms with Crippen molar-refractivity contribution in [2.24, 2.45) is 0 Å². The maximum absolute atomic E-state index is 11.8. The molecule has 1 aromatic rings. The molecule has 0 aromatic heterocycles. The summed E-state index contributed by atoms with van der Waals surface area (Å²) < 4.78 is 51.8. The van der Waals surface area contributed by atoms with Crippen LogP contribution in [-0.4, -0.2) is 21.5 Å². The van der Waals surface area contributed by atoms with Gasteiger partial charge in [-0.25, -0.2) is 8.78 Å². The zero-order valence-corrected chi connectivity index (χ0v) is 10.9. The van der Waals surface area contributed by atoms with E-state index in [1.165, 1.54) is 12.1 Å². The summed E-state index contributed by atoms with van der Waals surface area (Å²) in [5, 5.41) is 0. The normalized spacial score (nSPS) is 12.0. The lowest BCUT2D eigenvalue weighted by Gasteiger charge is -2.05. The molecule has 0 fully saturated rings. The van der Waals surface area contributed by atoms with Gasteiger partial charge in [0.15, 0.2) is 0 Å². The molecular formula is C12H16F2O3S. The van der Waals surface area contributed by atoms with Crippen LogP contribution in [0.2, 0.25) is 0 Å². The Balaban J connectivity index is 2.43. The quantitative estimate of drug-likeness (QED) is 0.568. The van der Waals surface area contributed by atoms with Crippen LogP contribution in [0, 0.1) is 6.92 Å². The Kier molecular flexibility index (Phi) is 5.68. The Hall–Kier alpha value is -1.01. The number of alkyl halides is 2. The molecule has 0 unspecified atom stereocenters. The molecule has 0 saturated heterocycles. The Bertz CT molecular complexity index is 455. The van der Waals surface area contributed by atoms with Crippen LogP contribution in [0.25, 0.3) is 0 Å². The zero-order valence-electron chi connectivity index (χ0n) is 10.1. The summed E-state index contributed by atoms with van der Waals surface area (Å²) in [6.45, 7) is 1.78. The average Bonchev–Trinajstić information content (AvgIpc) is 2.28. The van der Waals surface area contributed by atoms with Gasteiger partial charge in [0.25, 0.3) is 10.1 Å². The highest BCUT2D eigenvalue weighted by Crippen LogP contribution is 2.14. The van der Waals surface area contributed by atoms with Crippen molar-refractivity contribution in [3.8, 4) is 0 Å². The number of hydrogen-bond donors (Lipinski definition) is 0. The SMILES string of the molecule is Cc1ccc(S(=O)(=O)OCCCCC(F)F)cc1. The highest BCUT2D eigenvalue weighted by atomic mass is 32.2. The fraction of sp³-hybridized carbons (Fsp3) is 0.500. The predicted molar refractivity (Wildman–Crippen MR) is 64.2 cm³/mol. The van der Waals surface area contributed by atoms with E-state index in [0.29, 0.717) is 6.42 Å². The van der Waals surface area contributed by atoms with E-state index in [1.807, 2.05) is 6.92 Å². The van der Waals surface area contributed by atoms with Gasteiger partial charge in [0, 0.05) is 6.42 Å². The van der Waals surface area contributed by atoms with Gasteiger partial charge in [0.05, 0.1) is 11.5 Å². The maximum atomic E-state index is 11.8. The van der Waals surface area contributed by atoms with Gasteiger partial charge in [-0.3, -0.25) is 4.18 Å². The van der Waals surface area contributed by atoms with E-state index in [0.717, 1.165) is 5.56 Å². The van der Waals surface area contributed by atoms with Gasteiger partial charge < -0.3 is 0 Å². The number of unbranched alkanes of at least 4 members (excludes halogenated alkanes) is 1. The third-order valence-electron chi connectivity index (χ3n) is 2.36. The highest BCUT2D eigenvalue weighted by molar-refractivity contribution is 7.86. The lowest BCUT2D eigenvalue weighted by molar-refractivity contribution is 0.132. The smallest absolute Gasteiger partial charge is 0.266 e. The zero-order chi connectivity index (χ0) is 13.6. The second-order valence-electron chi connectivity index (χ2n) is 3.98. The first kappa shape index (κ1) is 15.0. The Labute approximate surface area is 106 Å². The van der Waals surface area contributed by atoms with E-state index in [-0.39, 0.29) is 24.3 Å². The van der Waals surface area contributed by atoms with Crippen LogP contribution < -0.4 is 0 Å². The van der Waals surface area contributed by atoms with Crippen LogP contribution in [0.5, 0.6) is 0 Å². The van der Waals surface area contributed by atoms with E-state index in [1.54, 1.807) is 12.1 Å². The van der Waals surface area contributed by atoms with E-state index in [2.05, 4.69) is 0 Å². The fourth-order valence-corrected chi connectivity index (χ4v) is 2.29. The number of hydrogen-bond acceptors (Lipinski definition) is 3. The molecule has 0 heterocycles. The number of aryl methyl sites for hydroxylation is 1. The minimum Gasteiger partial charge on any atom is -0.266 e. The molecule has 0 spiro atoms. The Morgan fingerprint density at radius 3 is 2.33 bits per heavy atom. The van der Waals surface area contributed by atoms with Gasteiger partial charge in [0.2, 0.25) is 6.43 Å². The molecule has 6 heteroatoms. The maximum Gasteiger partial charge on any atom is 0.296 e. The molecular weight excluding hydrogens is 262 g/mol. The summed E-state index contributed by atoms with van der Waals surface area (Å²) in [4.78, 5) is 0.0851. The average molecular weight is 278 g/mol. The van der Waals surface area contributed by atoms with Gasteiger partial charge in [0.1, 0.15) is 0 Å². The minimum absolute atomic E-state index is 0.0665. The van der Waals surface area contributed by atoms with Crippen molar-refractivity contribution < 1.29 is 21.4 Å². The highest BCUT2D eigenvalue weighted by Gasteiger charge is 2.14. The largest absolute Gasteiger partial charge is 0.296 e. The van der Waals surface area contributed by atoms with E-state index in [9.17, 15) is 17.2 Å². The summed E-state index contributed by atoms with van der Waals surface area (Å²) in [5.41, 5.74) is 0.950. The third kappa shape index (κ3) is 5.10. The summed E-state index contributed by atoms with van der Waals surface area (Å²) in [6.07, 6.45) is -2.02. The van der Waals surface area contributed by atoms with Crippen molar-refractivity contribution in [2.45, 2.75) is 37.5 Å². The van der Waals surface area contributed by atoms with Gasteiger partial charge in [-0.1, -0.05) is 17.7 Å². The van der Waals surface area contributed by atoms with Crippen molar-refractivity contribution in [3.63, 3.8) is 0 Å². The summed E-state index contributed by atoms with van der Waals surface area (Å²) >= 11 is 0. The van der Waals surface area contributed by atoms with Crippen molar-refractivity contribution in [2.75, 3.05) is 6.61 Å². The molecule has 0 amide bonds. The lowest BCUT2D eigenvalue weighted by Crippen LogP contribution is -2.08. The molecule has 0 aliphatic carbocycles. The van der Waals surface area contributed by atoms with Crippen LogP contribution in [0.4, 0.5) is 8.78 Å². The third-order valence-corrected chi connectivity index (χ3v) is 3.69. The molecule has 102 valence electrons. The van der Waals surface area contributed by atoms with E-state index in [4.69, 9.17) is 4.18 Å². The van der Waals surface area contributed by atoms with E-state index < -0.39 is 16.5 Å². The van der Waals surface area contributed by atoms with Crippen molar-refractivity contribution in [1.29, 1.82) is 0 Å². The van der Waals surface area contributed by atoms with Crippen LogP contribution in [0.3, 0.4) is 0 Å². The van der Waals surface area contributed by atoms with Crippen LogP contribution in [0.15, 0.2) is 29.2 Å². The van der Waals surface area contributed by atoms with Crippen molar-refractivity contribution in [3.05, 3.63) is 29.8 Å². The fourth-order valence-electron chi connectivity index (χ4n) is 1.34. The first-order chi connectivity index (χ1) is 8.42. The van der Waals surface area contributed by atoms with Crippen molar-refractivity contribution in [1.82, 2.24) is 0 Å². The monoisotopic (exact) mass is 278 g/mol. The molecule has 18 heavy (non-hydrogen) atoms. The molecule has 0 aliphatic rings. The molecule has 0 bridgehead atoms. The Morgan fingerprint density at radius 2 is 1.78 bits per heavy atom. The number of benzene rings is 1. The number of rotatable bonds is 7. The first-order valence-electron chi connectivity index (χ1n) is 5.66. The topological polar surface area (TPSA) is 43.4 Å². The second-order valence-corrected chi connectivity index (χ2v) is 5.59. The molecule has 0 saturated carbocycles. The Morgan fingerprint density at radius 1 is 1.17 bits per heavy atom. The lowest BCUT2D eigenvalue weighted by atomic mass is 10.2. The molecule has 1 aromatic carbocycles. The van der Waals surface area contributed by atoms with Crippen molar-refractivity contribution >= 4 is 10.1 Å². The summed E-state index contributed by atoms with van der Waals surface area (Å²) in [7, 11) is -3.77. The number of halogens is 2. The molecule has 0 N–H and O–H groups in total. The molecule has 0 aliphatic heterocycles. The molecule has 0 atom stereocenters. The molecule has 1 rings (SSSR count). The summed E-state index contributed by atoms with van der Waals surface area (Å²) in [6, 6.07) is 6.27. The van der Waals surface area contributed by atoms with Gasteiger partial charge in [-0.05, 0) is 31.9 Å². The van der Waals surface area contributed by atoms with Gasteiger partial charge in [-0.15, -0.1) is 0 Å². The van der Waals surface area contributed by atoms with Crippen LogP contribution in [-0.2, 0) is 14.3 Å². The molecule has 3 nitrogen and oxygen atoms in total. The van der Waals surface area contributed by atoms with Gasteiger partial charge >= 0.3 is 0 Å². The summed E-state index contributed by atoms with van der Waals surface area (Å²) in [5.74, 6) is 0. The predicted octanol–water partition coefficient (Wildman–Crippen LogP) is 3.14. The minimum atomic E-state index is -3.77. The second kappa shape index (κ2) is 6.80. The van der Waals surface area contributed by atoms with E-state index >= 15 is 0 Å². The van der Waals surface area contributed by atoms with Crippen LogP contribution >= 0.6 is 0 Å². The first-order valence-corrected chi connectivity index (χ1v) is 7.07. The standard InChI is InChI=1S/C12H16F2O3S/c1-10-5-7-11(8-6-10)18(15,16)17-9-3-2-4-12(13)14/h5-8,12H,2-4,9H2,1H3. The van der Waals surface area contributed by atoms with Gasteiger partial charge in [-0.2, -0.15) is 8.42 Å². The molecule has 0 radical (unpaired) electrons.